The molecule has 4 rings (SSSR count). The zero-order chi connectivity index (χ0) is 17.4. The van der Waals surface area contributed by atoms with E-state index in [2.05, 4.69) is 10.1 Å². The Hall–Kier alpha value is -2.21. The number of carbonyl (C=O) groups excluding carboxylic acids is 1. The Morgan fingerprint density at radius 1 is 1.20 bits per heavy atom. The first-order chi connectivity index (χ1) is 12.1. The average molecular weight is 341 g/mol. The highest BCUT2D eigenvalue weighted by atomic mass is 16.5. The molecule has 132 valence electrons. The second-order valence-electron chi connectivity index (χ2n) is 7.18. The quantitative estimate of drug-likeness (QED) is 0.925. The zero-order valence-corrected chi connectivity index (χ0v) is 14.4. The number of piperidine rings is 1. The van der Waals surface area contributed by atoms with E-state index < -0.39 is 0 Å². The number of hydrogen-bond donors (Lipinski definition) is 1. The molecule has 0 bridgehead atoms. The molecule has 2 aromatic rings. The van der Waals surface area contributed by atoms with Crippen molar-refractivity contribution in [2.45, 2.75) is 44.6 Å². The summed E-state index contributed by atoms with van der Waals surface area (Å²) >= 11 is 0. The molecule has 1 amide bonds. The monoisotopic (exact) mass is 341 g/mol. The van der Waals surface area contributed by atoms with Crippen molar-refractivity contribution in [3.05, 3.63) is 35.7 Å². The third-order valence-electron chi connectivity index (χ3n) is 5.27. The molecule has 2 aliphatic rings. The van der Waals surface area contributed by atoms with Gasteiger partial charge in [-0.1, -0.05) is 5.16 Å². The Morgan fingerprint density at radius 3 is 2.48 bits per heavy atom. The SMILES string of the molecule is CC(O)C1CCN(C(=O)c2ccc(-c3nc(C4CC4)no3)cc2)CC1. The van der Waals surface area contributed by atoms with Gasteiger partial charge in [0.05, 0.1) is 6.10 Å². The van der Waals surface area contributed by atoms with E-state index in [4.69, 9.17) is 4.52 Å². The predicted octanol–water partition coefficient (Wildman–Crippen LogP) is 2.85. The smallest absolute Gasteiger partial charge is 0.257 e. The summed E-state index contributed by atoms with van der Waals surface area (Å²) in [7, 11) is 0. The molecular weight excluding hydrogens is 318 g/mol. The van der Waals surface area contributed by atoms with Crippen molar-refractivity contribution in [1.29, 1.82) is 0 Å². The lowest BCUT2D eigenvalue weighted by Crippen LogP contribution is -2.40. The molecule has 1 aliphatic heterocycles. The van der Waals surface area contributed by atoms with Crippen LogP contribution in [0, 0.1) is 5.92 Å². The number of benzene rings is 1. The van der Waals surface area contributed by atoms with Crippen LogP contribution in [0.25, 0.3) is 11.5 Å². The lowest BCUT2D eigenvalue weighted by molar-refractivity contribution is 0.0521. The number of aromatic nitrogens is 2. The van der Waals surface area contributed by atoms with Gasteiger partial charge in [-0.15, -0.1) is 0 Å². The van der Waals surface area contributed by atoms with Crippen molar-refractivity contribution >= 4 is 5.91 Å². The van der Waals surface area contributed by atoms with E-state index in [1.54, 1.807) is 0 Å². The second-order valence-corrected chi connectivity index (χ2v) is 7.18. The first-order valence-electron chi connectivity index (χ1n) is 9.03. The third kappa shape index (κ3) is 3.44. The van der Waals surface area contributed by atoms with Gasteiger partial charge in [0, 0.05) is 30.1 Å². The van der Waals surface area contributed by atoms with Crippen LogP contribution in [0.2, 0.25) is 0 Å². The number of likely N-dealkylation sites (tertiary alicyclic amines) is 1. The average Bonchev–Trinajstić information content (AvgIpc) is 3.38. The molecule has 1 unspecified atom stereocenters. The minimum atomic E-state index is -0.300. The summed E-state index contributed by atoms with van der Waals surface area (Å²) in [6.07, 6.45) is 3.68. The zero-order valence-electron chi connectivity index (χ0n) is 14.4. The van der Waals surface area contributed by atoms with Crippen LogP contribution in [0.3, 0.4) is 0 Å². The highest BCUT2D eigenvalue weighted by molar-refractivity contribution is 5.94. The minimum Gasteiger partial charge on any atom is -0.393 e. The standard InChI is InChI=1S/C19H23N3O3/c1-12(23)13-8-10-22(11-9-13)19(24)16-6-4-15(5-7-16)18-20-17(21-25-18)14-2-3-14/h4-7,12-14,23H,2-3,8-11H2,1H3. The number of hydrogen-bond acceptors (Lipinski definition) is 5. The van der Waals surface area contributed by atoms with Gasteiger partial charge in [-0.3, -0.25) is 4.79 Å². The molecule has 1 saturated heterocycles. The maximum atomic E-state index is 12.6. The lowest BCUT2D eigenvalue weighted by Gasteiger charge is -2.33. The summed E-state index contributed by atoms with van der Waals surface area (Å²) in [5.41, 5.74) is 1.50. The van der Waals surface area contributed by atoms with Gasteiger partial charge in [0.1, 0.15) is 0 Å². The molecule has 1 N–H and O–H groups in total. The van der Waals surface area contributed by atoms with E-state index in [9.17, 15) is 9.90 Å². The normalized spacial score (nSPS) is 19.8. The summed E-state index contributed by atoms with van der Waals surface area (Å²) in [5, 5.41) is 13.7. The van der Waals surface area contributed by atoms with Crippen molar-refractivity contribution in [3.8, 4) is 11.5 Å². The van der Waals surface area contributed by atoms with Gasteiger partial charge in [-0.25, -0.2) is 0 Å². The highest BCUT2D eigenvalue weighted by Gasteiger charge is 2.29. The number of aliphatic hydroxyl groups is 1. The summed E-state index contributed by atoms with van der Waals surface area (Å²) < 4.78 is 5.32. The highest BCUT2D eigenvalue weighted by Crippen LogP contribution is 2.38. The van der Waals surface area contributed by atoms with Gasteiger partial charge in [0.25, 0.3) is 11.8 Å². The van der Waals surface area contributed by atoms with Gasteiger partial charge in [-0.2, -0.15) is 4.98 Å². The van der Waals surface area contributed by atoms with E-state index in [0.717, 1.165) is 37.1 Å². The Bertz CT molecular complexity index is 742. The van der Waals surface area contributed by atoms with Crippen molar-refractivity contribution < 1.29 is 14.4 Å². The van der Waals surface area contributed by atoms with Crippen LogP contribution in [0.4, 0.5) is 0 Å². The van der Waals surface area contributed by atoms with Crippen LogP contribution in [-0.2, 0) is 0 Å². The predicted molar refractivity (Wildman–Crippen MR) is 92.0 cm³/mol. The van der Waals surface area contributed by atoms with Gasteiger partial charge < -0.3 is 14.5 Å². The number of aliphatic hydroxyl groups excluding tert-OH is 1. The first-order valence-corrected chi connectivity index (χ1v) is 9.03. The summed E-state index contributed by atoms with van der Waals surface area (Å²) in [6.45, 7) is 3.22. The van der Waals surface area contributed by atoms with Crippen molar-refractivity contribution in [1.82, 2.24) is 15.0 Å². The number of rotatable bonds is 4. The van der Waals surface area contributed by atoms with Gasteiger partial charge in [0.15, 0.2) is 5.82 Å². The largest absolute Gasteiger partial charge is 0.393 e. The van der Waals surface area contributed by atoms with Crippen LogP contribution in [0.1, 0.15) is 54.7 Å². The molecule has 1 aromatic carbocycles. The molecule has 1 aromatic heterocycles. The van der Waals surface area contributed by atoms with Crippen LogP contribution < -0.4 is 0 Å². The molecule has 1 atom stereocenters. The minimum absolute atomic E-state index is 0.0415. The Labute approximate surface area is 146 Å². The number of carbonyl (C=O) groups is 1. The maximum absolute atomic E-state index is 12.6. The van der Waals surface area contributed by atoms with Gasteiger partial charge in [-0.05, 0) is 62.8 Å². The van der Waals surface area contributed by atoms with Crippen molar-refractivity contribution in [2.24, 2.45) is 5.92 Å². The second kappa shape index (κ2) is 6.59. The molecule has 1 aliphatic carbocycles. The number of nitrogens with zero attached hydrogens (tertiary/aromatic N) is 3. The topological polar surface area (TPSA) is 79.5 Å². The van der Waals surface area contributed by atoms with E-state index in [1.807, 2.05) is 36.1 Å². The van der Waals surface area contributed by atoms with Gasteiger partial charge in [0.2, 0.25) is 0 Å². The molecule has 2 fully saturated rings. The first kappa shape index (κ1) is 16.3. The molecule has 25 heavy (non-hydrogen) atoms. The van der Waals surface area contributed by atoms with E-state index in [-0.39, 0.29) is 12.0 Å². The van der Waals surface area contributed by atoms with E-state index in [0.29, 0.717) is 36.4 Å². The Morgan fingerprint density at radius 2 is 1.88 bits per heavy atom. The fourth-order valence-electron chi connectivity index (χ4n) is 3.38. The molecule has 6 heteroatoms. The van der Waals surface area contributed by atoms with Crippen LogP contribution in [0.5, 0.6) is 0 Å². The Kier molecular flexibility index (Phi) is 4.29. The Balaban J connectivity index is 1.42. The maximum Gasteiger partial charge on any atom is 0.257 e. The van der Waals surface area contributed by atoms with Crippen LogP contribution >= 0.6 is 0 Å². The molecule has 2 heterocycles. The number of amides is 1. The molecule has 6 nitrogen and oxygen atoms in total. The van der Waals surface area contributed by atoms with Crippen LogP contribution in [0.15, 0.2) is 28.8 Å². The molecule has 0 radical (unpaired) electrons. The fourth-order valence-corrected chi connectivity index (χ4v) is 3.38. The molecular formula is C19H23N3O3. The van der Waals surface area contributed by atoms with Gasteiger partial charge >= 0.3 is 0 Å². The summed E-state index contributed by atoms with van der Waals surface area (Å²) in [4.78, 5) is 18.9. The van der Waals surface area contributed by atoms with Crippen LogP contribution in [-0.4, -0.2) is 45.2 Å². The summed E-state index contributed by atoms with van der Waals surface area (Å²) in [6, 6.07) is 7.36. The molecule has 1 saturated carbocycles. The lowest BCUT2D eigenvalue weighted by atomic mass is 9.92. The fraction of sp³-hybridized carbons (Fsp3) is 0.526. The van der Waals surface area contributed by atoms with Crippen molar-refractivity contribution in [3.63, 3.8) is 0 Å². The van der Waals surface area contributed by atoms with E-state index >= 15 is 0 Å². The van der Waals surface area contributed by atoms with Crippen molar-refractivity contribution in [2.75, 3.05) is 13.1 Å². The summed E-state index contributed by atoms with van der Waals surface area (Å²) in [5.74, 6) is 2.10. The third-order valence-corrected chi connectivity index (χ3v) is 5.27. The molecule has 0 spiro atoms. The van der Waals surface area contributed by atoms with E-state index in [1.165, 1.54) is 0 Å².